The molecular formula is C15H21N3O. The fourth-order valence-corrected chi connectivity index (χ4v) is 2.15. The third-order valence-corrected chi connectivity index (χ3v) is 3.16. The molecule has 1 atom stereocenters. The van der Waals surface area contributed by atoms with Crippen LogP contribution >= 0.6 is 0 Å². The molecule has 3 N–H and O–H groups in total. The van der Waals surface area contributed by atoms with E-state index in [2.05, 4.69) is 23.3 Å². The van der Waals surface area contributed by atoms with Crippen LogP contribution in [0, 0.1) is 12.8 Å². The average molecular weight is 259 g/mol. The standard InChI is InChI=1S/C15H21N3O/c1-10(9-19-3)7-18-15-5-4-14(16)13-8-17-11(2)6-12(13)15/h4-6,8,10,18H,7,9,16H2,1-3H3. The monoisotopic (exact) mass is 259 g/mol. The number of nitrogen functional groups attached to an aromatic ring is 1. The first-order valence-corrected chi connectivity index (χ1v) is 6.49. The molecule has 4 heteroatoms. The van der Waals surface area contributed by atoms with E-state index >= 15 is 0 Å². The predicted octanol–water partition coefficient (Wildman–Crippen LogP) is 2.82. The number of aromatic nitrogens is 1. The minimum absolute atomic E-state index is 0.459. The zero-order valence-electron chi connectivity index (χ0n) is 11.7. The van der Waals surface area contributed by atoms with Crippen LogP contribution in [0.2, 0.25) is 0 Å². The molecule has 0 aliphatic rings. The molecule has 1 aromatic heterocycles. The van der Waals surface area contributed by atoms with Crippen LogP contribution in [0.4, 0.5) is 11.4 Å². The van der Waals surface area contributed by atoms with Crippen LogP contribution in [-0.4, -0.2) is 25.2 Å². The summed E-state index contributed by atoms with van der Waals surface area (Å²) in [6, 6.07) is 6.01. The summed E-state index contributed by atoms with van der Waals surface area (Å²) in [7, 11) is 1.73. The van der Waals surface area contributed by atoms with E-state index in [1.54, 1.807) is 7.11 Å². The van der Waals surface area contributed by atoms with Crippen molar-refractivity contribution in [2.24, 2.45) is 5.92 Å². The van der Waals surface area contributed by atoms with Crippen molar-refractivity contribution >= 4 is 22.1 Å². The minimum Gasteiger partial charge on any atom is -0.398 e. The molecule has 0 aliphatic heterocycles. The Morgan fingerprint density at radius 1 is 1.37 bits per heavy atom. The van der Waals surface area contributed by atoms with Gasteiger partial charge in [0.15, 0.2) is 0 Å². The summed E-state index contributed by atoms with van der Waals surface area (Å²) in [5, 5.41) is 5.58. The fraction of sp³-hybridized carbons (Fsp3) is 0.400. The van der Waals surface area contributed by atoms with Gasteiger partial charge in [-0.1, -0.05) is 6.92 Å². The molecule has 2 rings (SSSR count). The van der Waals surface area contributed by atoms with Gasteiger partial charge in [0.05, 0.1) is 6.61 Å². The van der Waals surface area contributed by atoms with Crippen LogP contribution in [0.15, 0.2) is 24.4 Å². The summed E-state index contributed by atoms with van der Waals surface area (Å²) < 4.78 is 5.15. The van der Waals surface area contributed by atoms with E-state index < -0.39 is 0 Å². The molecule has 19 heavy (non-hydrogen) atoms. The second-order valence-corrected chi connectivity index (χ2v) is 5.02. The Kier molecular flexibility index (Phi) is 4.22. The number of aryl methyl sites for hydroxylation is 1. The molecule has 0 bridgehead atoms. The Bertz CT molecular complexity index is 569. The van der Waals surface area contributed by atoms with Crippen LogP contribution < -0.4 is 11.1 Å². The first-order valence-electron chi connectivity index (χ1n) is 6.49. The summed E-state index contributed by atoms with van der Waals surface area (Å²) in [5.74, 6) is 0.459. The summed E-state index contributed by atoms with van der Waals surface area (Å²) in [6.45, 7) is 5.76. The van der Waals surface area contributed by atoms with E-state index in [4.69, 9.17) is 10.5 Å². The van der Waals surface area contributed by atoms with Crippen LogP contribution in [0.25, 0.3) is 10.8 Å². The molecule has 1 unspecified atom stereocenters. The lowest BCUT2D eigenvalue weighted by atomic mass is 10.1. The quantitative estimate of drug-likeness (QED) is 0.811. The van der Waals surface area contributed by atoms with E-state index in [-0.39, 0.29) is 0 Å². The van der Waals surface area contributed by atoms with Gasteiger partial charge in [-0.05, 0) is 31.0 Å². The van der Waals surface area contributed by atoms with Gasteiger partial charge >= 0.3 is 0 Å². The highest BCUT2D eigenvalue weighted by Gasteiger charge is 2.07. The normalized spacial score (nSPS) is 12.6. The molecule has 102 valence electrons. The maximum Gasteiger partial charge on any atom is 0.0504 e. The SMILES string of the molecule is COCC(C)CNc1ccc(N)c2cnc(C)cc12. The first-order chi connectivity index (χ1) is 9.11. The van der Waals surface area contributed by atoms with Gasteiger partial charge in [-0.2, -0.15) is 0 Å². The molecule has 0 saturated heterocycles. The lowest BCUT2D eigenvalue weighted by Crippen LogP contribution is -2.16. The van der Waals surface area contributed by atoms with Gasteiger partial charge in [0.1, 0.15) is 0 Å². The number of nitrogens with one attached hydrogen (secondary N) is 1. The van der Waals surface area contributed by atoms with Crippen LogP contribution in [-0.2, 0) is 4.74 Å². The van der Waals surface area contributed by atoms with Crippen molar-refractivity contribution in [3.63, 3.8) is 0 Å². The molecule has 0 spiro atoms. The van der Waals surface area contributed by atoms with E-state index in [1.807, 2.05) is 25.3 Å². The van der Waals surface area contributed by atoms with E-state index in [9.17, 15) is 0 Å². The molecule has 0 aliphatic carbocycles. The average Bonchev–Trinajstić information content (AvgIpc) is 2.38. The lowest BCUT2D eigenvalue weighted by molar-refractivity contribution is 0.164. The Balaban J connectivity index is 2.28. The number of nitrogens with two attached hydrogens (primary N) is 1. The molecule has 0 amide bonds. The number of rotatable bonds is 5. The second kappa shape index (κ2) is 5.89. The summed E-state index contributed by atoms with van der Waals surface area (Å²) in [6.07, 6.45) is 1.84. The zero-order chi connectivity index (χ0) is 13.8. The molecule has 1 aromatic carbocycles. The molecular weight excluding hydrogens is 238 g/mol. The molecule has 0 saturated carbocycles. The van der Waals surface area contributed by atoms with Crippen molar-refractivity contribution in [3.05, 3.63) is 30.1 Å². The molecule has 2 aromatic rings. The number of benzene rings is 1. The number of nitrogens with zero attached hydrogens (tertiary/aromatic N) is 1. The summed E-state index contributed by atoms with van der Waals surface area (Å²) in [5.41, 5.74) is 8.84. The zero-order valence-corrected chi connectivity index (χ0v) is 11.7. The van der Waals surface area contributed by atoms with Crippen LogP contribution in [0.1, 0.15) is 12.6 Å². The van der Waals surface area contributed by atoms with Crippen molar-refractivity contribution in [2.45, 2.75) is 13.8 Å². The number of fused-ring (bicyclic) bond motifs is 1. The Labute approximate surface area is 114 Å². The van der Waals surface area contributed by atoms with Crippen molar-refractivity contribution in [1.82, 2.24) is 4.98 Å². The van der Waals surface area contributed by atoms with E-state index in [1.165, 1.54) is 0 Å². The van der Waals surface area contributed by atoms with Crippen LogP contribution in [0.5, 0.6) is 0 Å². The number of hydrogen-bond donors (Lipinski definition) is 2. The van der Waals surface area contributed by atoms with Crippen LogP contribution in [0.3, 0.4) is 0 Å². The Morgan fingerprint density at radius 3 is 2.89 bits per heavy atom. The van der Waals surface area contributed by atoms with E-state index in [0.29, 0.717) is 5.92 Å². The fourth-order valence-electron chi connectivity index (χ4n) is 2.15. The highest BCUT2D eigenvalue weighted by atomic mass is 16.5. The largest absolute Gasteiger partial charge is 0.398 e. The van der Waals surface area contributed by atoms with Gasteiger partial charge in [0.2, 0.25) is 0 Å². The van der Waals surface area contributed by atoms with Gasteiger partial charge in [0.25, 0.3) is 0 Å². The molecule has 0 fully saturated rings. The van der Waals surface area contributed by atoms with Crippen molar-refractivity contribution in [3.8, 4) is 0 Å². The van der Waals surface area contributed by atoms with Crippen molar-refractivity contribution in [1.29, 1.82) is 0 Å². The second-order valence-electron chi connectivity index (χ2n) is 5.02. The lowest BCUT2D eigenvalue weighted by Gasteiger charge is -2.15. The summed E-state index contributed by atoms with van der Waals surface area (Å²) >= 11 is 0. The molecule has 1 heterocycles. The van der Waals surface area contributed by atoms with Gasteiger partial charge < -0.3 is 15.8 Å². The van der Waals surface area contributed by atoms with Crippen molar-refractivity contribution < 1.29 is 4.74 Å². The van der Waals surface area contributed by atoms with Crippen molar-refractivity contribution in [2.75, 3.05) is 31.3 Å². The third kappa shape index (κ3) is 3.15. The summed E-state index contributed by atoms with van der Waals surface area (Å²) in [4.78, 5) is 4.31. The van der Waals surface area contributed by atoms with Gasteiger partial charge in [-0.25, -0.2) is 0 Å². The molecule has 4 nitrogen and oxygen atoms in total. The van der Waals surface area contributed by atoms with Gasteiger partial charge in [-0.3, -0.25) is 4.98 Å². The number of methoxy groups -OCH3 is 1. The number of hydrogen-bond acceptors (Lipinski definition) is 4. The highest BCUT2D eigenvalue weighted by Crippen LogP contribution is 2.28. The minimum atomic E-state index is 0.459. The maximum absolute atomic E-state index is 5.99. The highest BCUT2D eigenvalue weighted by molar-refractivity contribution is 6.00. The Morgan fingerprint density at radius 2 is 2.16 bits per heavy atom. The first kappa shape index (κ1) is 13.6. The topological polar surface area (TPSA) is 60.2 Å². The number of anilines is 2. The van der Waals surface area contributed by atoms with E-state index in [0.717, 1.165) is 41.0 Å². The van der Waals surface area contributed by atoms with Gasteiger partial charge in [-0.15, -0.1) is 0 Å². The molecule has 0 radical (unpaired) electrons. The van der Waals surface area contributed by atoms with Gasteiger partial charge in [0, 0.05) is 47.7 Å². The maximum atomic E-state index is 5.99. The smallest absolute Gasteiger partial charge is 0.0504 e. The Hall–Kier alpha value is -1.81. The predicted molar refractivity (Wildman–Crippen MR) is 80.4 cm³/mol. The number of pyridine rings is 1. The number of ether oxygens (including phenoxy) is 1. The third-order valence-electron chi connectivity index (χ3n) is 3.16.